The molecule has 0 saturated heterocycles. The molecule has 0 bridgehead atoms. The number of aryl methyl sites for hydroxylation is 1. The summed E-state index contributed by atoms with van der Waals surface area (Å²) in [5, 5.41) is 0.691. The first kappa shape index (κ1) is 15.5. The molecule has 23 heavy (non-hydrogen) atoms. The molecule has 4 heteroatoms. The maximum absolute atomic E-state index is 13.7. The smallest absolute Gasteiger partial charge is 0.148 e. The fourth-order valence-electron chi connectivity index (χ4n) is 2.63. The Morgan fingerprint density at radius 1 is 1.04 bits per heavy atom. The maximum atomic E-state index is 13.7. The summed E-state index contributed by atoms with van der Waals surface area (Å²) in [6.45, 7) is 4.03. The molecule has 0 aliphatic heterocycles. The molecule has 3 aromatic rings. The molecule has 2 nitrogen and oxygen atoms in total. The molecule has 3 rings (SSSR count). The van der Waals surface area contributed by atoms with Crippen molar-refractivity contribution in [2.75, 3.05) is 0 Å². The molecule has 0 fully saturated rings. The molecule has 0 N–H and O–H groups in total. The van der Waals surface area contributed by atoms with E-state index in [-0.39, 0.29) is 5.82 Å². The van der Waals surface area contributed by atoms with Crippen LogP contribution in [0.15, 0.2) is 59.6 Å². The van der Waals surface area contributed by atoms with Gasteiger partial charge in [-0.2, -0.15) is 0 Å². The molecular formula is C19H16ClFN2. The SMILES string of the molecule is Cc1cc(C=Nc2ccccc2F)c(C)n1-c1cccc(Cl)c1. The number of hydrogen-bond donors (Lipinski definition) is 0. The van der Waals surface area contributed by atoms with Crippen LogP contribution in [0, 0.1) is 19.7 Å². The van der Waals surface area contributed by atoms with Crippen molar-refractivity contribution in [2.24, 2.45) is 4.99 Å². The number of halogens is 2. The van der Waals surface area contributed by atoms with Crippen LogP contribution in [-0.4, -0.2) is 10.8 Å². The fourth-order valence-corrected chi connectivity index (χ4v) is 2.81. The first-order valence-electron chi connectivity index (χ1n) is 7.30. The van der Waals surface area contributed by atoms with Crippen molar-refractivity contribution in [1.82, 2.24) is 4.57 Å². The molecule has 0 unspecified atom stereocenters. The van der Waals surface area contributed by atoms with Gasteiger partial charge < -0.3 is 4.57 Å². The van der Waals surface area contributed by atoms with E-state index < -0.39 is 0 Å². The van der Waals surface area contributed by atoms with Gasteiger partial charge in [0.1, 0.15) is 5.82 Å². The Kier molecular flexibility index (Phi) is 4.30. The second-order valence-corrected chi connectivity index (χ2v) is 5.79. The standard InChI is InChI=1S/C19H16ClFN2/c1-13-10-15(12-22-19-9-4-3-8-18(19)21)14(2)23(13)17-7-5-6-16(20)11-17/h3-12H,1-2H3. The first-order valence-corrected chi connectivity index (χ1v) is 7.67. The molecule has 0 saturated carbocycles. The van der Waals surface area contributed by atoms with Crippen molar-refractivity contribution in [3.8, 4) is 5.69 Å². The minimum Gasteiger partial charge on any atom is -0.318 e. The van der Waals surface area contributed by atoms with Gasteiger partial charge in [0.25, 0.3) is 0 Å². The van der Waals surface area contributed by atoms with Crippen LogP contribution in [0.3, 0.4) is 0 Å². The van der Waals surface area contributed by atoms with Crippen LogP contribution in [0.1, 0.15) is 17.0 Å². The Balaban J connectivity index is 2.00. The molecule has 1 heterocycles. The van der Waals surface area contributed by atoms with Crippen molar-refractivity contribution in [3.05, 3.63) is 82.4 Å². The topological polar surface area (TPSA) is 17.3 Å². The van der Waals surface area contributed by atoms with Gasteiger partial charge in [0.2, 0.25) is 0 Å². The molecule has 0 spiro atoms. The highest BCUT2D eigenvalue weighted by atomic mass is 35.5. The first-order chi connectivity index (χ1) is 11.1. The fraction of sp³-hybridized carbons (Fsp3) is 0.105. The summed E-state index contributed by atoms with van der Waals surface area (Å²) < 4.78 is 15.8. The third-order valence-electron chi connectivity index (χ3n) is 3.73. The van der Waals surface area contributed by atoms with E-state index in [4.69, 9.17) is 11.6 Å². The zero-order chi connectivity index (χ0) is 16.4. The van der Waals surface area contributed by atoms with Crippen LogP contribution in [0.25, 0.3) is 5.69 Å². The van der Waals surface area contributed by atoms with Gasteiger partial charge in [0.15, 0.2) is 0 Å². The van der Waals surface area contributed by atoms with Gasteiger partial charge >= 0.3 is 0 Å². The van der Waals surface area contributed by atoms with E-state index in [0.29, 0.717) is 10.7 Å². The van der Waals surface area contributed by atoms with Gasteiger partial charge in [-0.3, -0.25) is 4.99 Å². The van der Waals surface area contributed by atoms with Crippen LogP contribution in [-0.2, 0) is 0 Å². The number of aliphatic imine (C=N–C) groups is 1. The number of aromatic nitrogens is 1. The lowest BCUT2D eigenvalue weighted by molar-refractivity contribution is 0.630. The number of para-hydroxylation sites is 1. The van der Waals surface area contributed by atoms with E-state index in [1.54, 1.807) is 24.4 Å². The van der Waals surface area contributed by atoms with Gasteiger partial charge in [-0.15, -0.1) is 0 Å². The van der Waals surface area contributed by atoms with E-state index >= 15 is 0 Å². The number of benzene rings is 2. The van der Waals surface area contributed by atoms with Gasteiger partial charge in [-0.1, -0.05) is 29.8 Å². The minimum absolute atomic E-state index is 0.326. The second-order valence-electron chi connectivity index (χ2n) is 5.35. The van der Waals surface area contributed by atoms with Crippen molar-refractivity contribution in [1.29, 1.82) is 0 Å². The van der Waals surface area contributed by atoms with E-state index in [1.807, 2.05) is 44.2 Å². The molecule has 1 aromatic heterocycles. The Morgan fingerprint density at radius 3 is 2.57 bits per heavy atom. The van der Waals surface area contributed by atoms with E-state index in [1.165, 1.54) is 6.07 Å². The zero-order valence-corrected chi connectivity index (χ0v) is 13.7. The minimum atomic E-state index is -0.326. The van der Waals surface area contributed by atoms with Crippen molar-refractivity contribution in [2.45, 2.75) is 13.8 Å². The van der Waals surface area contributed by atoms with Crippen LogP contribution in [0.4, 0.5) is 10.1 Å². The zero-order valence-electron chi connectivity index (χ0n) is 12.9. The molecule has 0 radical (unpaired) electrons. The average Bonchev–Trinajstić information content (AvgIpc) is 2.81. The molecular weight excluding hydrogens is 311 g/mol. The Bertz CT molecular complexity index is 881. The largest absolute Gasteiger partial charge is 0.318 e. The van der Waals surface area contributed by atoms with Crippen LogP contribution in [0.5, 0.6) is 0 Å². The number of hydrogen-bond acceptors (Lipinski definition) is 1. The average molecular weight is 327 g/mol. The Hall–Kier alpha value is -2.39. The summed E-state index contributed by atoms with van der Waals surface area (Å²) >= 11 is 6.08. The normalized spacial score (nSPS) is 11.3. The lowest BCUT2D eigenvalue weighted by Crippen LogP contribution is -1.99. The van der Waals surface area contributed by atoms with Crippen molar-refractivity contribution >= 4 is 23.5 Å². The van der Waals surface area contributed by atoms with E-state index in [0.717, 1.165) is 22.6 Å². The summed E-state index contributed by atoms with van der Waals surface area (Å²) in [7, 11) is 0. The molecule has 116 valence electrons. The molecule has 0 aliphatic rings. The van der Waals surface area contributed by atoms with Crippen LogP contribution in [0.2, 0.25) is 5.02 Å². The summed E-state index contributed by atoms with van der Waals surface area (Å²) in [5.74, 6) is -0.326. The van der Waals surface area contributed by atoms with Crippen molar-refractivity contribution in [3.63, 3.8) is 0 Å². The van der Waals surface area contributed by atoms with Gasteiger partial charge in [-0.25, -0.2) is 4.39 Å². The monoisotopic (exact) mass is 326 g/mol. The highest BCUT2D eigenvalue weighted by Gasteiger charge is 2.10. The molecule has 0 aliphatic carbocycles. The summed E-state index contributed by atoms with van der Waals surface area (Å²) in [6, 6.07) is 16.2. The lowest BCUT2D eigenvalue weighted by atomic mass is 10.2. The number of nitrogens with zero attached hydrogens (tertiary/aromatic N) is 2. The Labute approximate surface area is 139 Å². The van der Waals surface area contributed by atoms with Crippen molar-refractivity contribution < 1.29 is 4.39 Å². The van der Waals surface area contributed by atoms with Gasteiger partial charge in [0, 0.05) is 33.9 Å². The third-order valence-corrected chi connectivity index (χ3v) is 3.97. The van der Waals surface area contributed by atoms with E-state index in [9.17, 15) is 4.39 Å². The molecule has 2 aromatic carbocycles. The van der Waals surface area contributed by atoms with Gasteiger partial charge in [0.05, 0.1) is 5.69 Å². The predicted molar refractivity (Wildman–Crippen MR) is 93.9 cm³/mol. The predicted octanol–water partition coefficient (Wildman–Crippen LogP) is 5.64. The summed E-state index contributed by atoms with van der Waals surface area (Å²) in [4.78, 5) is 4.26. The highest BCUT2D eigenvalue weighted by Crippen LogP contribution is 2.23. The van der Waals surface area contributed by atoms with Crippen LogP contribution < -0.4 is 0 Å². The lowest BCUT2D eigenvalue weighted by Gasteiger charge is -2.09. The van der Waals surface area contributed by atoms with Gasteiger partial charge in [-0.05, 0) is 50.2 Å². The summed E-state index contributed by atoms with van der Waals surface area (Å²) in [6.07, 6.45) is 1.70. The quantitative estimate of drug-likeness (QED) is 0.554. The molecule has 0 amide bonds. The Morgan fingerprint density at radius 2 is 1.83 bits per heavy atom. The maximum Gasteiger partial charge on any atom is 0.148 e. The van der Waals surface area contributed by atoms with Crippen LogP contribution >= 0.6 is 11.6 Å². The molecule has 0 atom stereocenters. The summed E-state index contributed by atoms with van der Waals surface area (Å²) in [5.41, 5.74) is 4.38. The third kappa shape index (κ3) is 3.20. The highest BCUT2D eigenvalue weighted by molar-refractivity contribution is 6.30. The number of rotatable bonds is 3. The second kappa shape index (κ2) is 6.39. The van der Waals surface area contributed by atoms with E-state index in [2.05, 4.69) is 9.56 Å².